The van der Waals surface area contributed by atoms with Crippen LogP contribution < -0.4 is 5.32 Å². The maximum atomic E-state index is 12.4. The minimum Gasteiger partial charge on any atom is -0.321 e. The molecule has 0 radical (unpaired) electrons. The molecule has 0 aliphatic heterocycles. The number of carbonyl (C=O) groups excluding carboxylic acids is 1. The average Bonchev–Trinajstić information content (AvgIpc) is 2.86. The highest BCUT2D eigenvalue weighted by atomic mass is 16.1. The molecule has 1 aromatic carbocycles. The summed E-state index contributed by atoms with van der Waals surface area (Å²) in [6.45, 7) is 8.42. The second-order valence-electron chi connectivity index (χ2n) is 6.85. The summed E-state index contributed by atoms with van der Waals surface area (Å²) in [6.07, 6.45) is 3.81. The van der Waals surface area contributed by atoms with E-state index in [2.05, 4.69) is 31.1 Å². The van der Waals surface area contributed by atoms with E-state index in [1.165, 1.54) is 5.56 Å². The smallest absolute Gasteiger partial charge is 0.255 e. The van der Waals surface area contributed by atoms with Crippen molar-refractivity contribution in [3.8, 4) is 0 Å². The lowest BCUT2D eigenvalue weighted by atomic mass is 9.87. The number of aryl methyl sites for hydroxylation is 1. The van der Waals surface area contributed by atoms with Crippen LogP contribution in [-0.2, 0) is 5.41 Å². The van der Waals surface area contributed by atoms with Crippen LogP contribution in [0.4, 0.5) is 5.69 Å². The Balaban J connectivity index is 1.79. The fourth-order valence-corrected chi connectivity index (χ4v) is 2.52. The van der Waals surface area contributed by atoms with Crippen LogP contribution >= 0.6 is 0 Å². The number of imidazole rings is 1. The van der Waals surface area contributed by atoms with Gasteiger partial charge in [0.05, 0.1) is 11.4 Å². The lowest BCUT2D eigenvalue weighted by Crippen LogP contribution is -2.14. The molecule has 0 saturated carbocycles. The van der Waals surface area contributed by atoms with Crippen LogP contribution in [0.2, 0.25) is 0 Å². The van der Waals surface area contributed by atoms with Crippen molar-refractivity contribution in [1.29, 1.82) is 0 Å². The molecule has 0 aliphatic rings. The van der Waals surface area contributed by atoms with E-state index in [0.717, 1.165) is 17.0 Å². The molecule has 0 unspecified atom stereocenters. The van der Waals surface area contributed by atoms with Crippen molar-refractivity contribution >= 4 is 17.2 Å². The van der Waals surface area contributed by atoms with Crippen LogP contribution in [0.15, 0.2) is 48.8 Å². The number of pyridine rings is 1. The zero-order valence-corrected chi connectivity index (χ0v) is 13.9. The van der Waals surface area contributed by atoms with Gasteiger partial charge in [0.25, 0.3) is 5.91 Å². The van der Waals surface area contributed by atoms with Crippen LogP contribution in [0.5, 0.6) is 0 Å². The molecule has 3 rings (SSSR count). The molecule has 4 heteroatoms. The highest BCUT2D eigenvalue weighted by Gasteiger charge is 2.14. The zero-order valence-electron chi connectivity index (χ0n) is 13.9. The summed E-state index contributed by atoms with van der Waals surface area (Å²) in [5, 5.41) is 2.93. The van der Waals surface area contributed by atoms with Crippen LogP contribution in [0, 0.1) is 6.92 Å². The van der Waals surface area contributed by atoms with Gasteiger partial charge in [0, 0.05) is 18.0 Å². The summed E-state index contributed by atoms with van der Waals surface area (Å²) in [7, 11) is 0. The summed E-state index contributed by atoms with van der Waals surface area (Å²) in [4.78, 5) is 16.8. The molecular formula is C19H21N3O. The van der Waals surface area contributed by atoms with E-state index in [0.29, 0.717) is 5.56 Å². The first-order valence-corrected chi connectivity index (χ1v) is 7.70. The second-order valence-corrected chi connectivity index (χ2v) is 6.85. The Bertz CT molecular complexity index is 854. The molecule has 1 N–H and O–H groups in total. The van der Waals surface area contributed by atoms with Gasteiger partial charge in [-0.05, 0) is 42.2 Å². The molecule has 3 aromatic rings. The SMILES string of the molecule is Cc1cn2cc(NC(=O)c3ccc(C(C)(C)C)cc3)ccc2n1. The van der Waals surface area contributed by atoms with Crippen molar-refractivity contribution in [3.63, 3.8) is 0 Å². The van der Waals surface area contributed by atoms with Crippen LogP contribution in [0.25, 0.3) is 5.65 Å². The lowest BCUT2D eigenvalue weighted by Gasteiger charge is -2.19. The quantitative estimate of drug-likeness (QED) is 0.771. The minimum atomic E-state index is -0.110. The van der Waals surface area contributed by atoms with Gasteiger partial charge in [0.1, 0.15) is 5.65 Å². The Hall–Kier alpha value is -2.62. The van der Waals surface area contributed by atoms with E-state index < -0.39 is 0 Å². The standard InChI is InChI=1S/C19H21N3O/c1-13-11-22-12-16(9-10-17(22)20-13)21-18(23)14-5-7-15(8-6-14)19(2,3)4/h5-12H,1-4H3,(H,21,23). The van der Waals surface area contributed by atoms with Gasteiger partial charge in [-0.25, -0.2) is 4.98 Å². The van der Waals surface area contributed by atoms with Gasteiger partial charge < -0.3 is 9.72 Å². The molecule has 0 spiro atoms. The number of benzene rings is 1. The van der Waals surface area contributed by atoms with Crippen molar-refractivity contribution in [2.45, 2.75) is 33.1 Å². The van der Waals surface area contributed by atoms with Crippen LogP contribution in [0.3, 0.4) is 0 Å². The number of hydrogen-bond acceptors (Lipinski definition) is 2. The molecule has 0 bridgehead atoms. The maximum Gasteiger partial charge on any atom is 0.255 e. The average molecular weight is 307 g/mol. The maximum absolute atomic E-state index is 12.4. The normalized spacial score (nSPS) is 11.7. The van der Waals surface area contributed by atoms with Gasteiger partial charge in [0.2, 0.25) is 0 Å². The van der Waals surface area contributed by atoms with E-state index in [1.807, 2.05) is 60.1 Å². The first-order valence-electron chi connectivity index (χ1n) is 7.70. The third-order valence-electron chi connectivity index (χ3n) is 3.84. The molecule has 1 amide bonds. The Kier molecular flexibility index (Phi) is 3.68. The molecular weight excluding hydrogens is 286 g/mol. The van der Waals surface area contributed by atoms with Gasteiger partial charge in [-0.2, -0.15) is 0 Å². The molecule has 118 valence electrons. The summed E-state index contributed by atoms with van der Waals surface area (Å²) in [6, 6.07) is 11.5. The van der Waals surface area contributed by atoms with Gasteiger partial charge >= 0.3 is 0 Å². The van der Waals surface area contributed by atoms with Crippen molar-refractivity contribution in [1.82, 2.24) is 9.38 Å². The summed E-state index contributed by atoms with van der Waals surface area (Å²) in [5.74, 6) is -0.110. The van der Waals surface area contributed by atoms with Gasteiger partial charge in [-0.1, -0.05) is 32.9 Å². The first kappa shape index (κ1) is 15.3. The fraction of sp³-hybridized carbons (Fsp3) is 0.263. The molecule has 4 nitrogen and oxygen atoms in total. The second kappa shape index (κ2) is 5.54. The first-order chi connectivity index (χ1) is 10.8. The predicted molar refractivity (Wildman–Crippen MR) is 93.0 cm³/mol. The molecule has 0 atom stereocenters. The number of fused-ring (bicyclic) bond motifs is 1. The Morgan fingerprint density at radius 3 is 2.39 bits per heavy atom. The molecule has 23 heavy (non-hydrogen) atoms. The summed E-state index contributed by atoms with van der Waals surface area (Å²) >= 11 is 0. The molecule has 0 aliphatic carbocycles. The minimum absolute atomic E-state index is 0.0827. The van der Waals surface area contributed by atoms with Crippen LogP contribution in [0.1, 0.15) is 42.4 Å². The van der Waals surface area contributed by atoms with Gasteiger partial charge in [-0.3, -0.25) is 4.79 Å². The fourth-order valence-electron chi connectivity index (χ4n) is 2.52. The summed E-state index contributed by atoms with van der Waals surface area (Å²) < 4.78 is 1.91. The van der Waals surface area contributed by atoms with E-state index in [-0.39, 0.29) is 11.3 Å². The van der Waals surface area contributed by atoms with Crippen molar-refractivity contribution < 1.29 is 4.79 Å². The number of hydrogen-bond donors (Lipinski definition) is 1. The largest absolute Gasteiger partial charge is 0.321 e. The number of anilines is 1. The monoisotopic (exact) mass is 307 g/mol. The topological polar surface area (TPSA) is 46.4 Å². The van der Waals surface area contributed by atoms with E-state index in [1.54, 1.807) is 0 Å². The Morgan fingerprint density at radius 2 is 1.74 bits per heavy atom. The van der Waals surface area contributed by atoms with Crippen LogP contribution in [-0.4, -0.2) is 15.3 Å². The highest BCUT2D eigenvalue weighted by Crippen LogP contribution is 2.22. The Labute approximate surface area is 136 Å². The summed E-state index contributed by atoms with van der Waals surface area (Å²) in [5.41, 5.74) is 4.52. The molecule has 2 heterocycles. The zero-order chi connectivity index (χ0) is 16.6. The number of aromatic nitrogens is 2. The van der Waals surface area contributed by atoms with E-state index >= 15 is 0 Å². The number of nitrogens with one attached hydrogen (secondary N) is 1. The lowest BCUT2D eigenvalue weighted by molar-refractivity contribution is 0.102. The number of nitrogens with zero attached hydrogens (tertiary/aromatic N) is 2. The predicted octanol–water partition coefficient (Wildman–Crippen LogP) is 4.19. The van der Waals surface area contributed by atoms with Gasteiger partial charge in [-0.15, -0.1) is 0 Å². The van der Waals surface area contributed by atoms with Crippen molar-refractivity contribution in [2.75, 3.05) is 5.32 Å². The van der Waals surface area contributed by atoms with E-state index in [9.17, 15) is 4.79 Å². The highest BCUT2D eigenvalue weighted by molar-refractivity contribution is 6.04. The molecule has 2 aromatic heterocycles. The van der Waals surface area contributed by atoms with Crippen molar-refractivity contribution in [3.05, 3.63) is 65.6 Å². The van der Waals surface area contributed by atoms with Crippen molar-refractivity contribution in [2.24, 2.45) is 0 Å². The third kappa shape index (κ3) is 3.26. The van der Waals surface area contributed by atoms with Gasteiger partial charge in [0.15, 0.2) is 0 Å². The Morgan fingerprint density at radius 1 is 1.04 bits per heavy atom. The number of rotatable bonds is 2. The molecule has 0 saturated heterocycles. The number of amides is 1. The number of carbonyl (C=O) groups is 1. The van der Waals surface area contributed by atoms with E-state index in [4.69, 9.17) is 0 Å². The third-order valence-corrected chi connectivity index (χ3v) is 3.84. The molecule has 0 fully saturated rings.